The molecule has 2 nitrogen and oxygen atoms in total. The van der Waals surface area contributed by atoms with E-state index in [1.165, 1.54) is 0 Å². The summed E-state index contributed by atoms with van der Waals surface area (Å²) in [7, 11) is 0. The minimum atomic E-state index is 0.428. The van der Waals surface area contributed by atoms with E-state index in [4.69, 9.17) is 0 Å². The molecule has 0 aromatic rings. The minimum absolute atomic E-state index is 0.428. The average molecular weight is 128 g/mol. The van der Waals surface area contributed by atoms with Crippen LogP contribution in [0.5, 0.6) is 0 Å². The Hall–Kier alpha value is -0.790. The van der Waals surface area contributed by atoms with Gasteiger partial charge in [-0.3, -0.25) is 4.79 Å². The number of hydrogen-bond acceptors (Lipinski definition) is 2. The van der Waals surface area contributed by atoms with Gasteiger partial charge in [0.05, 0.1) is 0 Å². The van der Waals surface area contributed by atoms with E-state index in [2.05, 4.69) is 4.74 Å². The fourth-order valence-electron chi connectivity index (χ4n) is 0.573. The predicted octanol–water partition coefficient (Wildman–Crippen LogP) is 1.52. The van der Waals surface area contributed by atoms with Crippen molar-refractivity contribution >= 4 is 6.47 Å². The number of allylic oxidation sites excluding steroid dienone is 1. The molecular weight excluding hydrogens is 116 g/mol. The molecule has 0 aliphatic carbocycles. The summed E-state index contributed by atoms with van der Waals surface area (Å²) in [6.45, 7) is 4.88. The number of carbonyl (C=O) groups is 1. The summed E-state index contributed by atoms with van der Waals surface area (Å²) >= 11 is 0. The van der Waals surface area contributed by atoms with Crippen LogP contribution >= 0.6 is 0 Å². The molecule has 0 saturated heterocycles. The van der Waals surface area contributed by atoms with Gasteiger partial charge in [0, 0.05) is 0 Å². The first-order chi connectivity index (χ1) is 4.31. The van der Waals surface area contributed by atoms with Crippen LogP contribution in [0.15, 0.2) is 11.6 Å². The molecule has 9 heavy (non-hydrogen) atoms. The monoisotopic (exact) mass is 128 g/mol. The van der Waals surface area contributed by atoms with Crippen molar-refractivity contribution in [2.75, 3.05) is 6.61 Å². The van der Waals surface area contributed by atoms with Gasteiger partial charge in [-0.1, -0.05) is 13.0 Å². The summed E-state index contributed by atoms with van der Waals surface area (Å²) < 4.78 is 4.50. The topological polar surface area (TPSA) is 26.3 Å². The number of rotatable bonds is 4. The first kappa shape index (κ1) is 8.21. The molecule has 0 rings (SSSR count). The van der Waals surface area contributed by atoms with E-state index in [0.717, 1.165) is 12.0 Å². The van der Waals surface area contributed by atoms with Crippen LogP contribution in [0.25, 0.3) is 0 Å². The Bertz CT molecular complexity index is 105. The highest BCUT2D eigenvalue weighted by atomic mass is 16.5. The lowest BCUT2D eigenvalue weighted by atomic mass is 10.3. The van der Waals surface area contributed by atoms with Crippen LogP contribution < -0.4 is 0 Å². The lowest BCUT2D eigenvalue weighted by molar-refractivity contribution is -0.127. The zero-order valence-corrected chi connectivity index (χ0v) is 5.89. The Morgan fingerprint density at radius 2 is 2.33 bits per heavy atom. The second-order valence-corrected chi connectivity index (χ2v) is 1.87. The molecule has 0 heterocycles. The maximum absolute atomic E-state index is 9.66. The van der Waals surface area contributed by atoms with E-state index in [0.29, 0.717) is 13.1 Å². The standard InChI is InChI=1S/C7H12O2/c1-3-4-7(2)5-9-6-8/h4,6H,3,5H2,1-2H3. The molecule has 0 radical (unpaired) electrons. The lowest BCUT2D eigenvalue weighted by Crippen LogP contribution is -1.91. The van der Waals surface area contributed by atoms with Gasteiger partial charge in [0.1, 0.15) is 6.61 Å². The Kier molecular flexibility index (Phi) is 4.88. The Balaban J connectivity index is 3.36. The van der Waals surface area contributed by atoms with Gasteiger partial charge in [-0.05, 0) is 18.9 Å². The normalized spacial score (nSPS) is 11.1. The Morgan fingerprint density at radius 3 is 2.78 bits per heavy atom. The first-order valence-corrected chi connectivity index (χ1v) is 3.02. The SMILES string of the molecule is CCC=C(C)COC=O. The molecule has 0 spiro atoms. The molecule has 0 unspecified atom stereocenters. The van der Waals surface area contributed by atoms with Crippen molar-refractivity contribution in [3.05, 3.63) is 11.6 Å². The highest BCUT2D eigenvalue weighted by Crippen LogP contribution is 1.93. The van der Waals surface area contributed by atoms with Crippen LogP contribution in [-0.4, -0.2) is 13.1 Å². The summed E-state index contributed by atoms with van der Waals surface area (Å²) in [5.41, 5.74) is 1.10. The molecule has 0 aromatic carbocycles. The molecule has 2 heteroatoms. The number of carbonyl (C=O) groups excluding carboxylic acids is 1. The summed E-state index contributed by atoms with van der Waals surface area (Å²) in [6.07, 6.45) is 3.03. The summed E-state index contributed by atoms with van der Waals surface area (Å²) in [6, 6.07) is 0. The average Bonchev–Trinajstić information content (AvgIpc) is 1.85. The van der Waals surface area contributed by atoms with Gasteiger partial charge in [0.2, 0.25) is 0 Å². The van der Waals surface area contributed by atoms with E-state index >= 15 is 0 Å². The molecule has 0 aromatic heterocycles. The second-order valence-electron chi connectivity index (χ2n) is 1.87. The van der Waals surface area contributed by atoms with Crippen LogP contribution in [0, 0.1) is 0 Å². The van der Waals surface area contributed by atoms with Crippen molar-refractivity contribution in [1.82, 2.24) is 0 Å². The van der Waals surface area contributed by atoms with Crippen molar-refractivity contribution in [3.63, 3.8) is 0 Å². The lowest BCUT2D eigenvalue weighted by Gasteiger charge is -1.95. The Labute approximate surface area is 55.5 Å². The van der Waals surface area contributed by atoms with E-state index in [1.54, 1.807) is 0 Å². The molecule has 0 bridgehead atoms. The Morgan fingerprint density at radius 1 is 1.67 bits per heavy atom. The molecule has 0 aliphatic heterocycles. The van der Waals surface area contributed by atoms with Crippen molar-refractivity contribution in [2.24, 2.45) is 0 Å². The van der Waals surface area contributed by atoms with Crippen molar-refractivity contribution in [1.29, 1.82) is 0 Å². The van der Waals surface area contributed by atoms with Crippen LogP contribution in [-0.2, 0) is 9.53 Å². The van der Waals surface area contributed by atoms with Crippen LogP contribution in [0.3, 0.4) is 0 Å². The van der Waals surface area contributed by atoms with Gasteiger partial charge in [0.15, 0.2) is 0 Å². The number of ether oxygens (including phenoxy) is 1. The molecule has 0 amide bonds. The number of hydrogen-bond donors (Lipinski definition) is 0. The highest BCUT2D eigenvalue weighted by Gasteiger charge is 1.84. The van der Waals surface area contributed by atoms with Gasteiger partial charge in [0.25, 0.3) is 6.47 Å². The maximum atomic E-state index is 9.66. The molecule has 0 N–H and O–H groups in total. The van der Waals surface area contributed by atoms with Gasteiger partial charge >= 0.3 is 0 Å². The second kappa shape index (κ2) is 5.35. The van der Waals surface area contributed by atoms with E-state index < -0.39 is 0 Å². The van der Waals surface area contributed by atoms with Gasteiger partial charge in [-0.25, -0.2) is 0 Å². The summed E-state index contributed by atoms with van der Waals surface area (Å²) in [5.74, 6) is 0. The zero-order valence-electron chi connectivity index (χ0n) is 5.89. The third kappa shape index (κ3) is 5.07. The molecule has 0 atom stereocenters. The highest BCUT2D eigenvalue weighted by molar-refractivity contribution is 5.37. The van der Waals surface area contributed by atoms with Crippen LogP contribution in [0.4, 0.5) is 0 Å². The van der Waals surface area contributed by atoms with E-state index in [1.807, 2.05) is 19.9 Å². The molecule has 0 saturated carbocycles. The van der Waals surface area contributed by atoms with Crippen molar-refractivity contribution in [3.8, 4) is 0 Å². The summed E-state index contributed by atoms with van der Waals surface area (Å²) in [4.78, 5) is 9.66. The van der Waals surface area contributed by atoms with E-state index in [-0.39, 0.29) is 0 Å². The quantitative estimate of drug-likeness (QED) is 0.424. The zero-order chi connectivity index (χ0) is 7.11. The molecule has 52 valence electrons. The fraction of sp³-hybridized carbons (Fsp3) is 0.571. The molecule has 0 aliphatic rings. The van der Waals surface area contributed by atoms with Gasteiger partial charge in [-0.15, -0.1) is 0 Å². The fourth-order valence-corrected chi connectivity index (χ4v) is 0.573. The first-order valence-electron chi connectivity index (χ1n) is 3.02. The largest absolute Gasteiger partial charge is 0.463 e. The predicted molar refractivity (Wildman–Crippen MR) is 36.1 cm³/mol. The third-order valence-electron chi connectivity index (χ3n) is 0.932. The van der Waals surface area contributed by atoms with Gasteiger partial charge < -0.3 is 4.74 Å². The maximum Gasteiger partial charge on any atom is 0.293 e. The third-order valence-corrected chi connectivity index (χ3v) is 0.932. The molecular formula is C7H12O2. The molecule has 0 fully saturated rings. The van der Waals surface area contributed by atoms with Crippen molar-refractivity contribution in [2.45, 2.75) is 20.3 Å². The van der Waals surface area contributed by atoms with Crippen LogP contribution in [0.2, 0.25) is 0 Å². The van der Waals surface area contributed by atoms with Gasteiger partial charge in [-0.2, -0.15) is 0 Å². The minimum Gasteiger partial charge on any atom is -0.463 e. The summed E-state index contributed by atoms with van der Waals surface area (Å²) in [5, 5.41) is 0. The van der Waals surface area contributed by atoms with Crippen LogP contribution in [0.1, 0.15) is 20.3 Å². The smallest absolute Gasteiger partial charge is 0.293 e. The van der Waals surface area contributed by atoms with Crippen molar-refractivity contribution < 1.29 is 9.53 Å². The van der Waals surface area contributed by atoms with E-state index in [9.17, 15) is 4.79 Å².